The standard InChI is InChI=1S/C28H34N4.2ClH/c1(3-5-11-19-29-27-17-21-31-25-15-9-7-13-23(25)27)2-4-6-12-20-30-28-18-22-32-26-16-10-8-14-24(26)28;;/h7-10,13-18,21-22H,1-6,11-12,19-20H2,(H,29,31)(H,30,32);2*1H. The Morgan fingerprint density at radius 3 is 1.29 bits per heavy atom. The van der Waals surface area contributed by atoms with Crippen molar-refractivity contribution in [2.24, 2.45) is 0 Å². The zero-order valence-electron chi connectivity index (χ0n) is 19.7. The van der Waals surface area contributed by atoms with Gasteiger partial charge in [0.15, 0.2) is 0 Å². The number of fused-ring (bicyclic) bond motifs is 2. The molecule has 34 heavy (non-hydrogen) atoms. The van der Waals surface area contributed by atoms with Crippen LogP contribution in [0.1, 0.15) is 51.4 Å². The molecule has 0 saturated carbocycles. The van der Waals surface area contributed by atoms with Crippen LogP contribution in [-0.2, 0) is 0 Å². The van der Waals surface area contributed by atoms with Crippen molar-refractivity contribution in [3.63, 3.8) is 0 Å². The van der Waals surface area contributed by atoms with Gasteiger partial charge >= 0.3 is 0 Å². The van der Waals surface area contributed by atoms with Crippen molar-refractivity contribution in [1.29, 1.82) is 0 Å². The summed E-state index contributed by atoms with van der Waals surface area (Å²) >= 11 is 0. The summed E-state index contributed by atoms with van der Waals surface area (Å²) in [4.78, 5) is 8.86. The maximum absolute atomic E-state index is 4.43. The lowest BCUT2D eigenvalue weighted by Gasteiger charge is -2.10. The summed E-state index contributed by atoms with van der Waals surface area (Å²) < 4.78 is 0. The molecule has 0 amide bonds. The zero-order valence-corrected chi connectivity index (χ0v) is 21.3. The number of pyridine rings is 2. The van der Waals surface area contributed by atoms with Crippen LogP contribution < -0.4 is 10.6 Å². The first kappa shape index (κ1) is 27.7. The number of para-hydroxylation sites is 2. The second-order valence-corrected chi connectivity index (χ2v) is 8.43. The Morgan fingerprint density at radius 1 is 0.471 bits per heavy atom. The normalized spacial score (nSPS) is 10.5. The molecule has 0 aliphatic rings. The third-order valence-corrected chi connectivity index (χ3v) is 6.03. The molecule has 182 valence electrons. The van der Waals surface area contributed by atoms with E-state index in [4.69, 9.17) is 0 Å². The van der Waals surface area contributed by atoms with E-state index < -0.39 is 0 Å². The number of aromatic nitrogens is 2. The molecule has 0 bridgehead atoms. The van der Waals surface area contributed by atoms with Gasteiger partial charge in [0.25, 0.3) is 0 Å². The molecule has 0 aliphatic heterocycles. The highest BCUT2D eigenvalue weighted by atomic mass is 35.5. The van der Waals surface area contributed by atoms with Crippen molar-refractivity contribution in [3.05, 3.63) is 73.1 Å². The average molecular weight is 500 g/mol. The number of unbranched alkanes of at least 4 members (excludes halogenated alkanes) is 7. The van der Waals surface area contributed by atoms with E-state index in [1.165, 1.54) is 73.5 Å². The molecule has 0 saturated heterocycles. The summed E-state index contributed by atoms with van der Waals surface area (Å²) in [6, 6.07) is 20.8. The summed E-state index contributed by atoms with van der Waals surface area (Å²) in [5, 5.41) is 9.59. The minimum absolute atomic E-state index is 0. The average Bonchev–Trinajstić information content (AvgIpc) is 2.85. The van der Waals surface area contributed by atoms with Crippen LogP contribution in [0.5, 0.6) is 0 Å². The third-order valence-electron chi connectivity index (χ3n) is 6.03. The molecule has 2 aromatic heterocycles. The number of benzene rings is 2. The predicted octanol–water partition coefficient (Wildman–Crippen LogP) is 8.27. The Bertz CT molecular complexity index is 1020. The fourth-order valence-corrected chi connectivity index (χ4v) is 4.26. The molecule has 0 atom stereocenters. The number of hydrogen-bond donors (Lipinski definition) is 2. The fourth-order valence-electron chi connectivity index (χ4n) is 4.26. The van der Waals surface area contributed by atoms with Gasteiger partial charge in [0.2, 0.25) is 0 Å². The van der Waals surface area contributed by atoms with Crippen molar-refractivity contribution in [3.8, 4) is 0 Å². The SMILES string of the molecule is Cl.Cl.c1ccc2c(NCCCCCCCCCCNc3ccnc4ccccc34)ccnc2c1. The topological polar surface area (TPSA) is 49.8 Å². The summed E-state index contributed by atoms with van der Waals surface area (Å²) in [5.74, 6) is 0. The van der Waals surface area contributed by atoms with Crippen molar-refractivity contribution in [2.45, 2.75) is 51.4 Å². The summed E-state index contributed by atoms with van der Waals surface area (Å²) in [7, 11) is 0. The highest BCUT2D eigenvalue weighted by molar-refractivity contribution is 5.91. The minimum Gasteiger partial charge on any atom is -0.384 e. The molecule has 2 aromatic carbocycles. The van der Waals surface area contributed by atoms with E-state index in [1.807, 2.05) is 24.5 Å². The van der Waals surface area contributed by atoms with E-state index in [-0.39, 0.29) is 24.8 Å². The molecule has 0 spiro atoms. The Hall–Kier alpha value is -2.56. The van der Waals surface area contributed by atoms with Crippen molar-refractivity contribution in [1.82, 2.24) is 9.97 Å². The minimum atomic E-state index is 0. The van der Waals surface area contributed by atoms with E-state index in [0.717, 1.165) is 24.1 Å². The Morgan fingerprint density at radius 2 is 0.853 bits per heavy atom. The highest BCUT2D eigenvalue weighted by Crippen LogP contribution is 2.22. The van der Waals surface area contributed by atoms with Gasteiger partial charge in [-0.2, -0.15) is 0 Å². The lowest BCUT2D eigenvalue weighted by molar-refractivity contribution is 0.577. The molecule has 2 N–H and O–H groups in total. The zero-order chi connectivity index (χ0) is 21.8. The summed E-state index contributed by atoms with van der Waals surface area (Å²) in [6.07, 6.45) is 14.2. The predicted molar refractivity (Wildman–Crippen MR) is 152 cm³/mol. The van der Waals surface area contributed by atoms with Gasteiger partial charge in [-0.05, 0) is 37.1 Å². The largest absolute Gasteiger partial charge is 0.384 e. The van der Waals surface area contributed by atoms with Crippen LogP contribution in [0.3, 0.4) is 0 Å². The number of halogens is 2. The van der Waals surface area contributed by atoms with Crippen LogP contribution in [0.4, 0.5) is 11.4 Å². The van der Waals surface area contributed by atoms with Gasteiger partial charge in [0.1, 0.15) is 0 Å². The highest BCUT2D eigenvalue weighted by Gasteiger charge is 2.01. The van der Waals surface area contributed by atoms with Gasteiger partial charge in [-0.1, -0.05) is 74.9 Å². The maximum Gasteiger partial charge on any atom is 0.0722 e. The van der Waals surface area contributed by atoms with E-state index in [1.54, 1.807) is 0 Å². The number of nitrogens with one attached hydrogen (secondary N) is 2. The number of hydrogen-bond acceptors (Lipinski definition) is 4. The molecule has 4 rings (SSSR count). The lowest BCUT2D eigenvalue weighted by atomic mass is 10.1. The lowest BCUT2D eigenvalue weighted by Crippen LogP contribution is -2.02. The van der Waals surface area contributed by atoms with Gasteiger partial charge in [-0.3, -0.25) is 9.97 Å². The van der Waals surface area contributed by atoms with Gasteiger partial charge < -0.3 is 10.6 Å². The second-order valence-electron chi connectivity index (χ2n) is 8.43. The van der Waals surface area contributed by atoms with Gasteiger partial charge in [0, 0.05) is 47.6 Å². The molecule has 0 unspecified atom stereocenters. The van der Waals surface area contributed by atoms with Gasteiger partial charge in [0.05, 0.1) is 11.0 Å². The first-order valence-electron chi connectivity index (χ1n) is 12.1. The van der Waals surface area contributed by atoms with Crippen LogP contribution in [0.15, 0.2) is 73.1 Å². The van der Waals surface area contributed by atoms with Crippen molar-refractivity contribution >= 4 is 58.0 Å². The van der Waals surface area contributed by atoms with Crippen LogP contribution in [-0.4, -0.2) is 23.1 Å². The van der Waals surface area contributed by atoms with Gasteiger partial charge in [-0.25, -0.2) is 0 Å². The van der Waals surface area contributed by atoms with Crippen LogP contribution >= 0.6 is 24.8 Å². The Labute approximate surface area is 215 Å². The Kier molecular flexibility index (Phi) is 12.5. The maximum atomic E-state index is 4.43. The first-order valence-corrected chi connectivity index (χ1v) is 12.1. The molecule has 6 heteroatoms. The smallest absolute Gasteiger partial charge is 0.0722 e. The fraction of sp³-hybridized carbons (Fsp3) is 0.357. The van der Waals surface area contributed by atoms with E-state index in [9.17, 15) is 0 Å². The van der Waals surface area contributed by atoms with Crippen LogP contribution in [0, 0.1) is 0 Å². The number of anilines is 2. The number of nitrogens with zero attached hydrogens (tertiary/aromatic N) is 2. The van der Waals surface area contributed by atoms with Gasteiger partial charge in [-0.15, -0.1) is 24.8 Å². The molecule has 4 nitrogen and oxygen atoms in total. The molecule has 4 aromatic rings. The first-order chi connectivity index (χ1) is 15.9. The Balaban J connectivity index is 0.00000204. The van der Waals surface area contributed by atoms with Crippen LogP contribution in [0.2, 0.25) is 0 Å². The number of rotatable bonds is 13. The second kappa shape index (κ2) is 15.4. The van der Waals surface area contributed by atoms with E-state index >= 15 is 0 Å². The molecular weight excluding hydrogens is 463 g/mol. The molecule has 2 heterocycles. The van der Waals surface area contributed by atoms with Crippen LogP contribution in [0.25, 0.3) is 21.8 Å². The summed E-state index contributed by atoms with van der Waals surface area (Å²) in [5.41, 5.74) is 4.51. The quantitative estimate of drug-likeness (QED) is 0.182. The molecule has 0 fully saturated rings. The van der Waals surface area contributed by atoms with E-state index in [0.29, 0.717) is 0 Å². The summed E-state index contributed by atoms with van der Waals surface area (Å²) in [6.45, 7) is 2.06. The van der Waals surface area contributed by atoms with E-state index in [2.05, 4.69) is 69.1 Å². The van der Waals surface area contributed by atoms with Crippen molar-refractivity contribution in [2.75, 3.05) is 23.7 Å². The molecule has 0 radical (unpaired) electrons. The third kappa shape index (κ3) is 8.03. The van der Waals surface area contributed by atoms with Crippen molar-refractivity contribution < 1.29 is 0 Å². The monoisotopic (exact) mass is 498 g/mol. The molecule has 0 aliphatic carbocycles. The molecular formula is C28H36Cl2N4.